The molecule has 0 amide bonds. The minimum Gasteiger partial charge on any atom is -0.598 e. The third-order valence-electron chi connectivity index (χ3n) is 1.30. The molecule has 0 aliphatic carbocycles. The van der Waals surface area contributed by atoms with Gasteiger partial charge in [0.1, 0.15) is 0 Å². The van der Waals surface area contributed by atoms with E-state index >= 15 is 0 Å². The van der Waals surface area contributed by atoms with Gasteiger partial charge in [0.05, 0.1) is 0 Å². The summed E-state index contributed by atoms with van der Waals surface area (Å²) in [4.78, 5) is 33.9. The van der Waals surface area contributed by atoms with E-state index in [0.717, 1.165) is 0 Å². The first-order valence-electron chi connectivity index (χ1n) is 4.18. The van der Waals surface area contributed by atoms with Crippen molar-refractivity contribution in [2.24, 2.45) is 0 Å². The van der Waals surface area contributed by atoms with Crippen molar-refractivity contribution in [3.05, 3.63) is 24.3 Å². The first-order valence-corrected chi connectivity index (χ1v) is 8.89. The minimum atomic E-state index is -3.37. The molecule has 0 aliphatic heterocycles. The second-order valence-corrected chi connectivity index (χ2v) is 5.07. The zero-order valence-corrected chi connectivity index (χ0v) is 19.0. The van der Waals surface area contributed by atoms with Crippen molar-refractivity contribution in [1.82, 2.24) is 0 Å². The molecule has 0 spiro atoms. The van der Waals surface area contributed by atoms with Crippen LogP contribution in [0.4, 0.5) is 0 Å². The normalized spacial score (nSPS) is 7.50. The molecule has 0 unspecified atom stereocenters. The molecule has 0 aromatic heterocycles. The van der Waals surface area contributed by atoms with E-state index in [2.05, 4.69) is 36.8 Å². The molecule has 12 heteroatoms. The summed E-state index contributed by atoms with van der Waals surface area (Å²) in [6.07, 6.45) is 4.18. The van der Waals surface area contributed by atoms with E-state index < -0.39 is 16.5 Å². The Hall–Kier alpha value is 1.96. The Balaban J connectivity index is -0.000000110. The van der Waals surface area contributed by atoms with Gasteiger partial charge < -0.3 is 9.79 Å². The smallest absolute Gasteiger partial charge is 0.598 e. The van der Waals surface area contributed by atoms with Crippen LogP contribution >= 0.6 is 40.0 Å². The summed E-state index contributed by atoms with van der Waals surface area (Å²) in [7, 11) is -6.24. The molecule has 0 saturated heterocycles. The van der Waals surface area contributed by atoms with E-state index in [1.165, 1.54) is 9.79 Å². The van der Waals surface area contributed by atoms with Crippen molar-refractivity contribution >= 4 is 40.0 Å². The molecule has 20 heavy (non-hydrogen) atoms. The average molecular weight is 376 g/mol. The molecule has 0 bridgehead atoms. The number of thioether (sulfide) groups is 2. The Labute approximate surface area is 172 Å². The topological polar surface area (TPSA) is 121 Å². The molecule has 0 aliphatic rings. The Morgan fingerprint density at radius 1 is 0.900 bits per heavy atom. The van der Waals surface area contributed by atoms with Gasteiger partial charge in [0, 0.05) is 14.4 Å². The van der Waals surface area contributed by atoms with Gasteiger partial charge in [-0.05, 0) is 36.8 Å². The molecule has 1 aromatic rings. The summed E-state index contributed by atoms with van der Waals surface area (Å²) in [5.74, 6) is 0. The molecule has 1 rings (SSSR count). The minimum absolute atomic E-state index is 0. The number of hydrogen-bond acceptors (Lipinski definition) is 6. The van der Waals surface area contributed by atoms with Crippen molar-refractivity contribution in [3.63, 3.8) is 0 Å². The summed E-state index contributed by atoms with van der Waals surface area (Å²) in [6.45, 7) is 0. The van der Waals surface area contributed by atoms with Crippen LogP contribution in [0.25, 0.3) is 0 Å². The number of hydrogen-bond donors (Lipinski definition) is 2. The summed E-state index contributed by atoms with van der Waals surface area (Å²) in [5.41, 5.74) is 0. The van der Waals surface area contributed by atoms with Gasteiger partial charge in [-0.2, -0.15) is 0 Å². The Kier molecular flexibility index (Phi) is 31.3. The van der Waals surface area contributed by atoms with Gasteiger partial charge in [0.2, 0.25) is 0 Å². The molecule has 6 nitrogen and oxygen atoms in total. The molecule has 0 radical (unpaired) electrons. The van der Waals surface area contributed by atoms with Crippen LogP contribution in [0, 0.1) is 0 Å². The summed E-state index contributed by atoms with van der Waals surface area (Å²) >= 11 is 3.56. The van der Waals surface area contributed by atoms with Gasteiger partial charge in [0.15, 0.2) is 0 Å². The van der Waals surface area contributed by atoms with Crippen LogP contribution in [-0.2, 0) is 9.13 Å². The van der Waals surface area contributed by atoms with Crippen molar-refractivity contribution in [2.75, 3.05) is 12.5 Å². The number of benzene rings is 1. The van der Waals surface area contributed by atoms with E-state index in [1.807, 2.05) is 0 Å². The fourth-order valence-electron chi connectivity index (χ4n) is 0.712. The molecule has 2 N–H and O–H groups in total. The maximum atomic E-state index is 8.70. The van der Waals surface area contributed by atoms with Crippen LogP contribution in [0.2, 0.25) is 0 Å². The van der Waals surface area contributed by atoms with Gasteiger partial charge in [-0.3, -0.25) is 0 Å². The molecule has 0 heterocycles. The van der Waals surface area contributed by atoms with Gasteiger partial charge in [-0.1, -0.05) is 4.57 Å². The van der Waals surface area contributed by atoms with E-state index in [1.54, 1.807) is 23.5 Å². The van der Waals surface area contributed by atoms with Gasteiger partial charge in [-0.15, -0.1) is 33.3 Å². The zero-order valence-electron chi connectivity index (χ0n) is 11.5. The summed E-state index contributed by atoms with van der Waals surface area (Å²) in [5, 5.41) is 0. The van der Waals surface area contributed by atoms with Crippen LogP contribution in [0.1, 0.15) is 0 Å². The van der Waals surface area contributed by atoms with Crippen LogP contribution < -0.4 is 68.9 Å². The third kappa shape index (κ3) is 28.2. The van der Waals surface area contributed by atoms with Crippen LogP contribution in [0.3, 0.4) is 0 Å². The second kappa shape index (κ2) is 21.0. The molecule has 102 valence electrons. The maximum Gasteiger partial charge on any atom is 1.00 e. The van der Waals surface area contributed by atoms with Gasteiger partial charge >= 0.3 is 67.4 Å². The van der Waals surface area contributed by atoms with Gasteiger partial charge in [-0.25, -0.2) is 0 Å². The third-order valence-corrected chi connectivity index (χ3v) is 2.78. The Morgan fingerprint density at radius 3 is 1.15 bits per heavy atom. The fourth-order valence-corrected chi connectivity index (χ4v) is 1.53. The van der Waals surface area contributed by atoms with E-state index in [4.69, 9.17) is 28.7 Å². The Morgan fingerprint density at radius 2 is 1.05 bits per heavy atom. The van der Waals surface area contributed by atoms with Crippen LogP contribution in [0.15, 0.2) is 34.1 Å². The molecule has 0 fully saturated rings. The van der Waals surface area contributed by atoms with Crippen molar-refractivity contribution < 1.29 is 87.8 Å². The van der Waals surface area contributed by atoms with E-state index in [0.29, 0.717) is 0 Å². The standard InChI is InChI=1S/C8H10S2.2Na.2HO3P/c1-9-7-3-5-8(10-2)6-4-7;;;2*1-4(2)3/h3-6H,1-2H3;;;(H-,1,2,3);(H,1,2,3)/q;2*+1;;. The van der Waals surface area contributed by atoms with Crippen molar-refractivity contribution in [3.8, 4) is 0 Å². The zero-order chi connectivity index (χ0) is 14.6. The van der Waals surface area contributed by atoms with Crippen molar-refractivity contribution in [1.29, 1.82) is 0 Å². The molecule has 1 aromatic carbocycles. The Bertz CT molecular complexity index is 325. The van der Waals surface area contributed by atoms with Gasteiger partial charge in [0.25, 0.3) is 8.25 Å². The SMILES string of the molecule is CSc1ccc(SC)cc1.O=[P+](O)O.O=[P+]([O-])[O-].[Na+].[Na+]. The first-order chi connectivity index (χ1) is 8.33. The number of rotatable bonds is 2. The molecular formula is C8H12Na2O6P2S2+2. The molecule has 0 atom stereocenters. The maximum absolute atomic E-state index is 8.70. The monoisotopic (exact) mass is 376 g/mol. The largest absolute Gasteiger partial charge is 1.00 e. The first kappa shape index (κ1) is 29.9. The molecule has 0 saturated carbocycles. The fraction of sp³-hybridized carbons (Fsp3) is 0.250. The van der Waals surface area contributed by atoms with E-state index in [9.17, 15) is 0 Å². The van der Waals surface area contributed by atoms with Crippen LogP contribution in [0.5, 0.6) is 0 Å². The molecular weight excluding hydrogens is 364 g/mol. The predicted molar refractivity (Wildman–Crippen MR) is 69.7 cm³/mol. The van der Waals surface area contributed by atoms with Crippen molar-refractivity contribution in [2.45, 2.75) is 9.79 Å². The predicted octanol–water partition coefficient (Wildman–Crippen LogP) is -4.87. The second-order valence-electron chi connectivity index (χ2n) is 2.36. The summed E-state index contributed by atoms with van der Waals surface area (Å²) < 4.78 is 17.2. The van der Waals surface area contributed by atoms with E-state index in [-0.39, 0.29) is 59.1 Å². The quantitative estimate of drug-likeness (QED) is 0.300. The summed E-state index contributed by atoms with van der Waals surface area (Å²) in [6, 6.07) is 8.60. The average Bonchev–Trinajstić information content (AvgIpc) is 2.28. The van der Waals surface area contributed by atoms with Crippen LogP contribution in [-0.4, -0.2) is 22.3 Å².